The maximum atomic E-state index is 11.9. The summed E-state index contributed by atoms with van der Waals surface area (Å²) in [5, 5.41) is 2.75. The summed E-state index contributed by atoms with van der Waals surface area (Å²) in [4.78, 5) is 23.2. The van der Waals surface area contributed by atoms with Crippen LogP contribution in [0.2, 0.25) is 0 Å². The largest absolute Gasteiger partial charge is 0.445 e. The highest BCUT2D eigenvalue weighted by molar-refractivity contribution is 5.93. The number of hydrogen-bond donors (Lipinski definition) is 3. The molecule has 0 saturated carbocycles. The number of rotatable bonds is 5. The van der Waals surface area contributed by atoms with Gasteiger partial charge in [-0.05, 0) is 63.4 Å². The van der Waals surface area contributed by atoms with Gasteiger partial charge in [0.05, 0.1) is 0 Å². The second-order valence-electron chi connectivity index (χ2n) is 6.79. The first-order chi connectivity index (χ1) is 10.5. The highest BCUT2D eigenvalue weighted by atomic mass is 16.6. The van der Waals surface area contributed by atoms with E-state index in [1.807, 2.05) is 34.6 Å². The van der Waals surface area contributed by atoms with Gasteiger partial charge in [0.15, 0.2) is 0 Å². The lowest BCUT2D eigenvalue weighted by Crippen LogP contribution is -2.43. The Morgan fingerprint density at radius 2 is 1.74 bits per heavy atom. The Morgan fingerprint density at radius 3 is 2.13 bits per heavy atom. The maximum absolute atomic E-state index is 11.9. The Labute approximate surface area is 137 Å². The van der Waals surface area contributed by atoms with Gasteiger partial charge in [-0.2, -0.15) is 0 Å². The number of benzene rings is 1. The van der Waals surface area contributed by atoms with Gasteiger partial charge in [0.25, 0.3) is 0 Å². The summed E-state index contributed by atoms with van der Waals surface area (Å²) in [6, 6.07) is 3.49. The van der Waals surface area contributed by atoms with E-state index in [9.17, 15) is 9.59 Å². The average molecular weight is 321 g/mol. The molecule has 6 heteroatoms. The molecule has 0 bridgehead atoms. The minimum Gasteiger partial charge on any atom is -0.445 e. The summed E-state index contributed by atoms with van der Waals surface area (Å²) in [5.74, 6) is -0.459. The first kappa shape index (κ1) is 19.0. The van der Waals surface area contributed by atoms with Crippen molar-refractivity contribution in [2.24, 2.45) is 11.5 Å². The zero-order chi connectivity index (χ0) is 17.8. The highest BCUT2D eigenvalue weighted by Crippen LogP contribution is 2.19. The predicted octanol–water partition coefficient (Wildman–Crippen LogP) is 1.80. The molecule has 0 saturated heterocycles. The van der Waals surface area contributed by atoms with Crippen LogP contribution in [0.25, 0.3) is 0 Å². The third kappa shape index (κ3) is 5.90. The molecule has 128 valence electrons. The quantitative estimate of drug-likeness (QED) is 0.768. The van der Waals surface area contributed by atoms with Crippen LogP contribution < -0.4 is 16.8 Å². The predicted molar refractivity (Wildman–Crippen MR) is 90.4 cm³/mol. The molecule has 0 aliphatic carbocycles. The van der Waals surface area contributed by atoms with E-state index < -0.39 is 18.1 Å². The van der Waals surface area contributed by atoms with Crippen LogP contribution in [0.5, 0.6) is 0 Å². The highest BCUT2D eigenvalue weighted by Gasteiger charge is 2.20. The molecular weight excluding hydrogens is 294 g/mol. The zero-order valence-corrected chi connectivity index (χ0v) is 14.5. The van der Waals surface area contributed by atoms with Crippen LogP contribution in [-0.2, 0) is 11.2 Å². The van der Waals surface area contributed by atoms with E-state index in [0.29, 0.717) is 12.0 Å². The molecule has 0 spiro atoms. The van der Waals surface area contributed by atoms with Gasteiger partial charge in [0.2, 0.25) is 5.91 Å². The van der Waals surface area contributed by atoms with E-state index in [-0.39, 0.29) is 12.1 Å². The molecular formula is C17H27N3O3. The lowest BCUT2D eigenvalue weighted by atomic mass is 9.94. The van der Waals surface area contributed by atoms with E-state index in [2.05, 4.69) is 5.32 Å². The van der Waals surface area contributed by atoms with E-state index in [1.54, 1.807) is 12.1 Å². The van der Waals surface area contributed by atoms with Crippen molar-refractivity contribution in [3.05, 3.63) is 34.4 Å². The summed E-state index contributed by atoms with van der Waals surface area (Å²) in [6.07, 6.45) is -0.434. The fraction of sp³-hybridized carbons (Fsp3) is 0.529. The molecule has 0 aliphatic rings. The van der Waals surface area contributed by atoms with Gasteiger partial charge in [0.1, 0.15) is 6.10 Å². The summed E-state index contributed by atoms with van der Waals surface area (Å²) < 4.78 is 5.40. The van der Waals surface area contributed by atoms with E-state index in [1.165, 1.54) is 0 Å². The van der Waals surface area contributed by atoms with Gasteiger partial charge in [-0.1, -0.05) is 0 Å². The molecule has 0 fully saturated rings. The van der Waals surface area contributed by atoms with Gasteiger partial charge in [-0.3, -0.25) is 4.79 Å². The van der Waals surface area contributed by atoms with Crippen molar-refractivity contribution in [1.82, 2.24) is 5.32 Å². The molecule has 5 N–H and O–H groups in total. The first-order valence-corrected chi connectivity index (χ1v) is 7.62. The summed E-state index contributed by atoms with van der Waals surface area (Å²) in [7, 11) is 0. The maximum Gasteiger partial charge on any atom is 0.407 e. The molecule has 2 amide bonds. The van der Waals surface area contributed by atoms with Gasteiger partial charge in [-0.15, -0.1) is 0 Å². The molecule has 6 nitrogen and oxygen atoms in total. The molecule has 1 atom stereocenters. The first-order valence-electron chi connectivity index (χ1n) is 7.62. The van der Waals surface area contributed by atoms with Crippen molar-refractivity contribution in [1.29, 1.82) is 0 Å². The number of carbonyl (C=O) groups is 2. The summed E-state index contributed by atoms with van der Waals surface area (Å²) in [6.45, 7) is 9.65. The lowest BCUT2D eigenvalue weighted by molar-refractivity contribution is 0.0948. The average Bonchev–Trinajstić information content (AvgIpc) is 2.38. The van der Waals surface area contributed by atoms with Gasteiger partial charge in [-0.25, -0.2) is 4.79 Å². The standard InChI is InChI=1S/C17H27N3O3/c1-10-6-12(15(19)21)7-11(2)14(10)8-13(9-18)23-16(22)20-17(3,4)5/h6-7,13H,8-9,18H2,1-5H3,(H2,19,21)(H,20,22)/t13-/m0/s1. The summed E-state index contributed by atoms with van der Waals surface area (Å²) >= 11 is 0. The van der Waals surface area contributed by atoms with Crippen LogP contribution in [0.4, 0.5) is 4.79 Å². The third-order valence-electron chi connectivity index (χ3n) is 3.43. The fourth-order valence-corrected chi connectivity index (χ4v) is 2.35. The summed E-state index contributed by atoms with van der Waals surface area (Å²) in [5.41, 5.74) is 14.0. The zero-order valence-electron chi connectivity index (χ0n) is 14.5. The van der Waals surface area contributed by atoms with Crippen LogP contribution in [0.1, 0.15) is 47.8 Å². The van der Waals surface area contributed by atoms with Crippen LogP contribution in [0.3, 0.4) is 0 Å². The molecule has 1 rings (SSSR count). The fourth-order valence-electron chi connectivity index (χ4n) is 2.35. The number of hydrogen-bond acceptors (Lipinski definition) is 4. The number of amides is 2. The number of primary amides is 1. The van der Waals surface area contributed by atoms with Crippen LogP contribution >= 0.6 is 0 Å². The van der Waals surface area contributed by atoms with Gasteiger partial charge in [0, 0.05) is 24.1 Å². The minimum atomic E-state index is -0.489. The van der Waals surface area contributed by atoms with E-state index in [0.717, 1.165) is 16.7 Å². The lowest BCUT2D eigenvalue weighted by Gasteiger charge is -2.24. The third-order valence-corrected chi connectivity index (χ3v) is 3.43. The molecule has 0 heterocycles. The van der Waals surface area contributed by atoms with E-state index in [4.69, 9.17) is 16.2 Å². The molecule has 0 radical (unpaired) electrons. The van der Waals surface area contributed by atoms with Crippen molar-refractivity contribution in [3.63, 3.8) is 0 Å². The second kappa shape index (κ2) is 7.46. The molecule has 1 aromatic rings. The number of alkyl carbamates (subject to hydrolysis) is 1. The molecule has 1 aromatic carbocycles. The topological polar surface area (TPSA) is 107 Å². The Hall–Kier alpha value is -2.08. The van der Waals surface area contributed by atoms with Crippen LogP contribution in [-0.4, -0.2) is 30.2 Å². The van der Waals surface area contributed by atoms with Crippen molar-refractivity contribution < 1.29 is 14.3 Å². The normalized spacial score (nSPS) is 12.6. The molecule has 0 aliphatic heterocycles. The van der Waals surface area contributed by atoms with Gasteiger partial charge >= 0.3 is 6.09 Å². The number of nitrogens with two attached hydrogens (primary N) is 2. The second-order valence-corrected chi connectivity index (χ2v) is 6.79. The van der Waals surface area contributed by atoms with Crippen molar-refractivity contribution in [2.45, 2.75) is 52.7 Å². The molecule has 23 heavy (non-hydrogen) atoms. The Bertz CT molecular complexity index is 568. The van der Waals surface area contributed by atoms with Crippen molar-refractivity contribution in [3.8, 4) is 0 Å². The molecule has 0 aromatic heterocycles. The Balaban J connectivity index is 2.88. The van der Waals surface area contributed by atoms with Crippen LogP contribution in [0, 0.1) is 13.8 Å². The number of aryl methyl sites for hydroxylation is 2. The SMILES string of the molecule is Cc1cc(C(N)=O)cc(C)c1C[C@@H](CN)OC(=O)NC(C)(C)C. The van der Waals surface area contributed by atoms with E-state index >= 15 is 0 Å². The Morgan fingerprint density at radius 1 is 1.22 bits per heavy atom. The number of ether oxygens (including phenoxy) is 1. The molecule has 0 unspecified atom stereocenters. The minimum absolute atomic E-state index is 0.216. The van der Waals surface area contributed by atoms with Crippen molar-refractivity contribution in [2.75, 3.05) is 6.54 Å². The number of nitrogens with one attached hydrogen (secondary N) is 1. The van der Waals surface area contributed by atoms with Crippen molar-refractivity contribution >= 4 is 12.0 Å². The Kier molecular flexibility index (Phi) is 6.15. The number of carbonyl (C=O) groups excluding carboxylic acids is 2. The monoisotopic (exact) mass is 321 g/mol. The smallest absolute Gasteiger partial charge is 0.407 e. The van der Waals surface area contributed by atoms with Gasteiger partial charge < -0.3 is 21.5 Å². The van der Waals surface area contributed by atoms with Crippen LogP contribution in [0.15, 0.2) is 12.1 Å².